The first-order chi connectivity index (χ1) is 10.6. The van der Waals surface area contributed by atoms with Crippen LogP contribution in [0.3, 0.4) is 0 Å². The van der Waals surface area contributed by atoms with E-state index in [1.165, 1.54) is 11.1 Å². The monoisotopic (exact) mass is 376 g/mol. The van der Waals surface area contributed by atoms with Gasteiger partial charge in [0.05, 0.1) is 12.0 Å². The molecule has 1 N–H and O–H groups in total. The van der Waals surface area contributed by atoms with Crippen LogP contribution in [0.2, 0.25) is 0 Å². The van der Waals surface area contributed by atoms with Gasteiger partial charge < -0.3 is 0 Å². The van der Waals surface area contributed by atoms with Crippen molar-refractivity contribution in [3.63, 3.8) is 0 Å². The summed E-state index contributed by atoms with van der Waals surface area (Å²) in [5.74, 6) is 1.07. The van der Waals surface area contributed by atoms with Gasteiger partial charge in [-0.3, -0.25) is 4.79 Å². The number of hydrogen-bond acceptors (Lipinski definition) is 3. The van der Waals surface area contributed by atoms with Crippen molar-refractivity contribution in [1.29, 1.82) is 0 Å². The number of halogens is 1. The van der Waals surface area contributed by atoms with Crippen molar-refractivity contribution in [2.24, 2.45) is 5.10 Å². The second kappa shape index (κ2) is 8.76. The molecule has 0 fully saturated rings. The second-order valence-corrected chi connectivity index (χ2v) is 6.63. The van der Waals surface area contributed by atoms with Crippen LogP contribution in [0, 0.1) is 6.92 Å². The van der Waals surface area contributed by atoms with Gasteiger partial charge in [-0.05, 0) is 24.1 Å². The number of benzene rings is 2. The molecule has 0 bridgehead atoms. The summed E-state index contributed by atoms with van der Waals surface area (Å²) in [4.78, 5) is 11.7. The van der Waals surface area contributed by atoms with Crippen LogP contribution in [-0.2, 0) is 10.5 Å². The predicted molar refractivity (Wildman–Crippen MR) is 97.2 cm³/mol. The quantitative estimate of drug-likeness (QED) is 0.607. The van der Waals surface area contributed by atoms with E-state index >= 15 is 0 Å². The minimum Gasteiger partial charge on any atom is -0.272 e. The van der Waals surface area contributed by atoms with E-state index in [0.717, 1.165) is 15.8 Å². The molecule has 0 aliphatic carbocycles. The summed E-state index contributed by atoms with van der Waals surface area (Å²) in [5, 5.41) is 3.97. The molecule has 3 nitrogen and oxygen atoms in total. The average molecular weight is 377 g/mol. The molecular formula is C17H17BrN2OS. The number of rotatable bonds is 6. The van der Waals surface area contributed by atoms with E-state index in [9.17, 15) is 4.79 Å². The molecule has 114 valence electrons. The minimum atomic E-state index is -0.0968. The van der Waals surface area contributed by atoms with Gasteiger partial charge in [-0.25, -0.2) is 5.43 Å². The first kappa shape index (κ1) is 16.8. The lowest BCUT2D eigenvalue weighted by atomic mass is 10.2. The summed E-state index contributed by atoms with van der Waals surface area (Å²) < 4.78 is 1.07. The van der Waals surface area contributed by atoms with Gasteiger partial charge in [-0.2, -0.15) is 5.10 Å². The van der Waals surface area contributed by atoms with Crippen molar-refractivity contribution < 1.29 is 4.79 Å². The summed E-state index contributed by atoms with van der Waals surface area (Å²) in [5.41, 5.74) is 5.89. The van der Waals surface area contributed by atoms with E-state index in [4.69, 9.17) is 0 Å². The van der Waals surface area contributed by atoms with Crippen LogP contribution in [0.5, 0.6) is 0 Å². The second-order valence-electron chi connectivity index (χ2n) is 4.79. The van der Waals surface area contributed by atoms with E-state index in [1.54, 1.807) is 18.0 Å². The molecule has 0 radical (unpaired) electrons. The third-order valence-electron chi connectivity index (χ3n) is 2.93. The van der Waals surface area contributed by atoms with Crippen LogP contribution in [0.1, 0.15) is 16.7 Å². The summed E-state index contributed by atoms with van der Waals surface area (Å²) in [6.07, 6.45) is 1.65. The SMILES string of the molecule is Cc1ccc(/C=N/NC(=O)CSCc2ccccc2Br)cc1. The molecule has 2 aromatic carbocycles. The van der Waals surface area contributed by atoms with Crippen molar-refractivity contribution in [3.8, 4) is 0 Å². The number of amides is 1. The minimum absolute atomic E-state index is 0.0968. The first-order valence-electron chi connectivity index (χ1n) is 6.85. The van der Waals surface area contributed by atoms with Gasteiger partial charge in [0.25, 0.3) is 0 Å². The Balaban J connectivity index is 1.72. The zero-order valence-corrected chi connectivity index (χ0v) is 14.7. The third kappa shape index (κ3) is 5.66. The molecule has 2 aromatic rings. The highest BCUT2D eigenvalue weighted by Crippen LogP contribution is 2.20. The van der Waals surface area contributed by atoms with E-state index in [1.807, 2.05) is 55.5 Å². The predicted octanol–water partition coefficient (Wildman–Crippen LogP) is 4.14. The normalized spacial score (nSPS) is 10.8. The molecule has 22 heavy (non-hydrogen) atoms. The number of nitrogens with zero attached hydrogens (tertiary/aromatic N) is 1. The maximum absolute atomic E-state index is 11.7. The molecule has 0 heterocycles. The molecular weight excluding hydrogens is 360 g/mol. The fraction of sp³-hybridized carbons (Fsp3) is 0.176. The number of nitrogens with one attached hydrogen (secondary N) is 1. The smallest absolute Gasteiger partial charge is 0.250 e. The van der Waals surface area contributed by atoms with Crippen molar-refractivity contribution in [1.82, 2.24) is 5.43 Å². The van der Waals surface area contributed by atoms with E-state index in [-0.39, 0.29) is 5.91 Å². The Kier molecular flexibility index (Phi) is 6.68. The first-order valence-corrected chi connectivity index (χ1v) is 8.79. The van der Waals surface area contributed by atoms with E-state index in [2.05, 4.69) is 26.5 Å². The fourth-order valence-corrected chi connectivity index (χ4v) is 3.17. The Bertz CT molecular complexity index is 656. The number of aryl methyl sites for hydroxylation is 1. The lowest BCUT2D eigenvalue weighted by molar-refractivity contribution is -0.118. The zero-order chi connectivity index (χ0) is 15.8. The van der Waals surface area contributed by atoms with Gasteiger partial charge in [0.15, 0.2) is 0 Å². The molecule has 0 aliphatic rings. The number of carbonyl (C=O) groups excluding carboxylic acids is 1. The largest absolute Gasteiger partial charge is 0.272 e. The van der Waals surface area contributed by atoms with Gasteiger partial charge >= 0.3 is 0 Å². The molecule has 0 saturated carbocycles. The molecule has 0 aliphatic heterocycles. The summed E-state index contributed by atoms with van der Waals surface area (Å²) in [7, 11) is 0. The van der Waals surface area contributed by atoms with Crippen LogP contribution in [-0.4, -0.2) is 17.9 Å². The van der Waals surface area contributed by atoms with Gasteiger partial charge in [0.2, 0.25) is 5.91 Å². The lowest BCUT2D eigenvalue weighted by Gasteiger charge is -2.03. The highest BCUT2D eigenvalue weighted by molar-refractivity contribution is 9.10. The van der Waals surface area contributed by atoms with E-state index in [0.29, 0.717) is 5.75 Å². The molecule has 0 unspecified atom stereocenters. The molecule has 0 spiro atoms. The summed E-state index contributed by atoms with van der Waals surface area (Å²) >= 11 is 5.06. The molecule has 1 amide bonds. The maximum Gasteiger partial charge on any atom is 0.250 e. The third-order valence-corrected chi connectivity index (χ3v) is 4.68. The van der Waals surface area contributed by atoms with Crippen LogP contribution in [0.4, 0.5) is 0 Å². The van der Waals surface area contributed by atoms with Gasteiger partial charge in [-0.1, -0.05) is 64.0 Å². The van der Waals surface area contributed by atoms with Crippen LogP contribution < -0.4 is 5.43 Å². The maximum atomic E-state index is 11.7. The van der Waals surface area contributed by atoms with Crippen molar-refractivity contribution in [2.75, 3.05) is 5.75 Å². The molecule has 0 atom stereocenters. The Morgan fingerprint density at radius 3 is 2.68 bits per heavy atom. The Morgan fingerprint density at radius 1 is 1.23 bits per heavy atom. The van der Waals surface area contributed by atoms with Crippen LogP contribution in [0.15, 0.2) is 58.1 Å². The average Bonchev–Trinajstić information content (AvgIpc) is 2.51. The fourth-order valence-electron chi connectivity index (χ4n) is 1.73. The van der Waals surface area contributed by atoms with Crippen molar-refractivity contribution in [3.05, 3.63) is 69.7 Å². The number of hydrazone groups is 1. The lowest BCUT2D eigenvalue weighted by Crippen LogP contribution is -2.19. The zero-order valence-electron chi connectivity index (χ0n) is 12.3. The number of thioether (sulfide) groups is 1. The standard InChI is InChI=1S/C17H17BrN2OS/c1-13-6-8-14(9-7-13)10-19-20-17(21)12-22-11-15-4-2-3-5-16(15)18/h2-10H,11-12H2,1H3,(H,20,21)/b19-10+. The molecule has 0 saturated heterocycles. The van der Waals surface area contributed by atoms with Crippen molar-refractivity contribution in [2.45, 2.75) is 12.7 Å². The van der Waals surface area contributed by atoms with Crippen molar-refractivity contribution >= 4 is 39.8 Å². The molecule has 5 heteroatoms. The van der Waals surface area contributed by atoms with Gasteiger partial charge in [-0.15, -0.1) is 11.8 Å². The summed E-state index contributed by atoms with van der Waals surface area (Å²) in [6.45, 7) is 2.03. The van der Waals surface area contributed by atoms with Crippen LogP contribution in [0.25, 0.3) is 0 Å². The Hall–Kier alpha value is -1.59. The number of hydrogen-bond donors (Lipinski definition) is 1. The highest BCUT2D eigenvalue weighted by Gasteiger charge is 2.02. The topological polar surface area (TPSA) is 41.5 Å². The summed E-state index contributed by atoms with van der Waals surface area (Å²) in [6, 6.07) is 16.0. The van der Waals surface area contributed by atoms with Gasteiger partial charge in [0.1, 0.15) is 0 Å². The Labute approximate surface area is 143 Å². The Morgan fingerprint density at radius 2 is 1.95 bits per heavy atom. The molecule has 0 aromatic heterocycles. The van der Waals surface area contributed by atoms with Gasteiger partial charge in [0, 0.05) is 10.2 Å². The molecule has 2 rings (SSSR count). The van der Waals surface area contributed by atoms with E-state index < -0.39 is 0 Å². The number of carbonyl (C=O) groups is 1. The van der Waals surface area contributed by atoms with Crippen LogP contribution >= 0.6 is 27.7 Å². The highest BCUT2D eigenvalue weighted by atomic mass is 79.9.